The molecule has 6 nitrogen and oxygen atoms in total. The van der Waals surface area contributed by atoms with Crippen LogP contribution in [0, 0.1) is 6.92 Å². The van der Waals surface area contributed by atoms with Crippen molar-refractivity contribution in [2.24, 2.45) is 0 Å². The van der Waals surface area contributed by atoms with Crippen LogP contribution in [0.25, 0.3) is 11.6 Å². The summed E-state index contributed by atoms with van der Waals surface area (Å²) in [5.41, 5.74) is 2.38. The fourth-order valence-corrected chi connectivity index (χ4v) is 1.88. The Balaban J connectivity index is 1.88. The normalized spacial score (nSPS) is 10.4. The number of rotatable bonds is 3. The second kappa shape index (κ2) is 5.48. The zero-order chi connectivity index (χ0) is 13.8. The molecule has 3 rings (SSSR count). The molecule has 0 spiro atoms. The van der Waals surface area contributed by atoms with Gasteiger partial charge in [-0.15, -0.1) is 0 Å². The van der Waals surface area contributed by atoms with E-state index >= 15 is 0 Å². The Kier molecular flexibility index (Phi) is 3.36. The van der Waals surface area contributed by atoms with Gasteiger partial charge < -0.3 is 0 Å². The standard InChI is InChI=1S/C14H12N6/c1-10-3-2-4-11(5-10)6-12-16-9-19-14(20-12)13-17-7-15-8-18-13/h2-5,7-9H,6H2,1H3. The Bertz CT molecular complexity index is 714. The van der Waals surface area contributed by atoms with Crippen LogP contribution in [0.5, 0.6) is 0 Å². The topological polar surface area (TPSA) is 77.3 Å². The van der Waals surface area contributed by atoms with Crippen molar-refractivity contribution in [3.8, 4) is 11.6 Å². The maximum atomic E-state index is 4.39. The number of hydrogen-bond donors (Lipinski definition) is 0. The van der Waals surface area contributed by atoms with E-state index in [0.29, 0.717) is 23.9 Å². The first-order chi connectivity index (χ1) is 9.81. The van der Waals surface area contributed by atoms with Gasteiger partial charge in [0.15, 0.2) is 0 Å². The summed E-state index contributed by atoms with van der Waals surface area (Å²) in [6, 6.07) is 8.26. The summed E-state index contributed by atoms with van der Waals surface area (Å²) in [4.78, 5) is 24.5. The predicted molar refractivity (Wildman–Crippen MR) is 72.6 cm³/mol. The molecule has 0 unspecified atom stereocenters. The molecule has 0 saturated heterocycles. The molecule has 0 bridgehead atoms. The van der Waals surface area contributed by atoms with E-state index in [1.54, 1.807) is 0 Å². The van der Waals surface area contributed by atoms with Gasteiger partial charge in [0.05, 0.1) is 0 Å². The monoisotopic (exact) mass is 264 g/mol. The maximum absolute atomic E-state index is 4.39. The van der Waals surface area contributed by atoms with Crippen LogP contribution >= 0.6 is 0 Å². The van der Waals surface area contributed by atoms with Gasteiger partial charge in [0.25, 0.3) is 0 Å². The van der Waals surface area contributed by atoms with Gasteiger partial charge in [-0.3, -0.25) is 0 Å². The van der Waals surface area contributed by atoms with E-state index in [2.05, 4.69) is 55.0 Å². The Morgan fingerprint density at radius 2 is 1.70 bits per heavy atom. The SMILES string of the molecule is Cc1cccc(Cc2ncnc(-c3ncncn3)n2)c1. The fraction of sp³-hybridized carbons (Fsp3) is 0.143. The zero-order valence-electron chi connectivity index (χ0n) is 10.9. The lowest BCUT2D eigenvalue weighted by atomic mass is 10.1. The van der Waals surface area contributed by atoms with Crippen LogP contribution in [0.1, 0.15) is 17.0 Å². The minimum Gasteiger partial charge on any atom is -0.225 e. The third-order valence-corrected chi connectivity index (χ3v) is 2.76. The van der Waals surface area contributed by atoms with E-state index in [4.69, 9.17) is 0 Å². The first-order valence-electron chi connectivity index (χ1n) is 6.17. The molecule has 2 aromatic heterocycles. The molecule has 6 heteroatoms. The Morgan fingerprint density at radius 3 is 2.50 bits per heavy atom. The lowest BCUT2D eigenvalue weighted by molar-refractivity contribution is 0.905. The van der Waals surface area contributed by atoms with Gasteiger partial charge in [0.1, 0.15) is 24.8 Å². The van der Waals surface area contributed by atoms with Crippen LogP contribution in [-0.4, -0.2) is 29.9 Å². The smallest absolute Gasteiger partial charge is 0.201 e. The molecule has 0 atom stereocenters. The van der Waals surface area contributed by atoms with Gasteiger partial charge in [-0.25, -0.2) is 29.9 Å². The Labute approximate surface area is 116 Å². The highest BCUT2D eigenvalue weighted by Crippen LogP contribution is 2.10. The predicted octanol–water partition coefficient (Wildman–Crippen LogP) is 1.62. The maximum Gasteiger partial charge on any atom is 0.201 e. The number of aromatic nitrogens is 6. The van der Waals surface area contributed by atoms with E-state index in [9.17, 15) is 0 Å². The molecule has 1 aromatic carbocycles. The molecule has 0 N–H and O–H groups in total. The molecule has 0 radical (unpaired) electrons. The number of aryl methyl sites for hydroxylation is 1. The molecule has 3 aromatic rings. The third kappa shape index (κ3) is 2.80. The first-order valence-corrected chi connectivity index (χ1v) is 6.17. The van der Waals surface area contributed by atoms with Crippen molar-refractivity contribution in [1.82, 2.24) is 29.9 Å². The number of nitrogens with zero attached hydrogens (tertiary/aromatic N) is 6. The van der Waals surface area contributed by atoms with Crippen LogP contribution in [0.4, 0.5) is 0 Å². The van der Waals surface area contributed by atoms with Crippen LogP contribution in [0.15, 0.2) is 43.2 Å². The summed E-state index contributed by atoms with van der Waals surface area (Å²) in [6.45, 7) is 2.06. The average Bonchev–Trinajstić information content (AvgIpc) is 2.48. The van der Waals surface area contributed by atoms with Crippen molar-refractivity contribution in [3.63, 3.8) is 0 Å². The lowest BCUT2D eigenvalue weighted by Gasteiger charge is -2.03. The minimum absolute atomic E-state index is 0.452. The molecule has 0 aliphatic carbocycles. The molecule has 0 aliphatic rings. The molecule has 0 fully saturated rings. The highest BCUT2D eigenvalue weighted by Gasteiger charge is 2.07. The largest absolute Gasteiger partial charge is 0.225 e. The van der Waals surface area contributed by atoms with Gasteiger partial charge in [-0.2, -0.15) is 0 Å². The van der Waals surface area contributed by atoms with E-state index in [1.807, 2.05) is 6.07 Å². The average molecular weight is 264 g/mol. The van der Waals surface area contributed by atoms with Crippen molar-refractivity contribution in [2.45, 2.75) is 13.3 Å². The van der Waals surface area contributed by atoms with E-state index < -0.39 is 0 Å². The van der Waals surface area contributed by atoms with E-state index in [0.717, 1.165) is 5.56 Å². The summed E-state index contributed by atoms with van der Waals surface area (Å²) in [5.74, 6) is 1.61. The van der Waals surface area contributed by atoms with Crippen molar-refractivity contribution >= 4 is 0 Å². The fourth-order valence-electron chi connectivity index (χ4n) is 1.88. The van der Waals surface area contributed by atoms with Gasteiger partial charge in [-0.05, 0) is 12.5 Å². The van der Waals surface area contributed by atoms with Crippen molar-refractivity contribution < 1.29 is 0 Å². The van der Waals surface area contributed by atoms with Crippen molar-refractivity contribution in [3.05, 3.63) is 60.2 Å². The van der Waals surface area contributed by atoms with Gasteiger partial charge in [0, 0.05) is 6.42 Å². The lowest BCUT2D eigenvalue weighted by Crippen LogP contribution is -2.02. The number of hydrogen-bond acceptors (Lipinski definition) is 6. The summed E-state index contributed by atoms with van der Waals surface area (Å²) in [7, 11) is 0. The van der Waals surface area contributed by atoms with Crippen LogP contribution < -0.4 is 0 Å². The van der Waals surface area contributed by atoms with E-state index in [-0.39, 0.29) is 0 Å². The van der Waals surface area contributed by atoms with Crippen molar-refractivity contribution in [1.29, 1.82) is 0 Å². The Morgan fingerprint density at radius 1 is 0.900 bits per heavy atom. The molecular formula is C14H12N6. The second-order valence-electron chi connectivity index (χ2n) is 4.35. The second-order valence-corrected chi connectivity index (χ2v) is 4.35. The van der Waals surface area contributed by atoms with Crippen molar-refractivity contribution in [2.75, 3.05) is 0 Å². The molecule has 2 heterocycles. The summed E-state index contributed by atoms with van der Waals surface area (Å²) < 4.78 is 0. The summed E-state index contributed by atoms with van der Waals surface area (Å²) in [6.07, 6.45) is 4.98. The summed E-state index contributed by atoms with van der Waals surface area (Å²) >= 11 is 0. The molecule has 20 heavy (non-hydrogen) atoms. The minimum atomic E-state index is 0.452. The van der Waals surface area contributed by atoms with Gasteiger partial charge >= 0.3 is 0 Å². The van der Waals surface area contributed by atoms with Crippen LogP contribution in [0.2, 0.25) is 0 Å². The van der Waals surface area contributed by atoms with Crippen LogP contribution in [-0.2, 0) is 6.42 Å². The first kappa shape index (κ1) is 12.3. The number of benzene rings is 1. The van der Waals surface area contributed by atoms with Gasteiger partial charge in [0.2, 0.25) is 11.6 Å². The molecule has 98 valence electrons. The van der Waals surface area contributed by atoms with Crippen LogP contribution in [0.3, 0.4) is 0 Å². The van der Waals surface area contributed by atoms with Gasteiger partial charge in [-0.1, -0.05) is 29.8 Å². The molecule has 0 saturated carbocycles. The Hall–Kier alpha value is -2.76. The third-order valence-electron chi connectivity index (χ3n) is 2.76. The quantitative estimate of drug-likeness (QED) is 0.715. The molecule has 0 amide bonds. The summed E-state index contributed by atoms with van der Waals surface area (Å²) in [5, 5.41) is 0. The molecule has 0 aliphatic heterocycles. The van der Waals surface area contributed by atoms with E-state index in [1.165, 1.54) is 24.5 Å². The highest BCUT2D eigenvalue weighted by atomic mass is 15.1. The zero-order valence-corrected chi connectivity index (χ0v) is 10.9. The molecular weight excluding hydrogens is 252 g/mol. The highest BCUT2D eigenvalue weighted by molar-refractivity contribution is 5.40.